The van der Waals surface area contributed by atoms with Gasteiger partial charge in [-0.2, -0.15) is 35.0 Å². The zero-order chi connectivity index (χ0) is 46.2. The molecule has 0 spiro atoms. The molecule has 0 amide bonds. The van der Waals surface area contributed by atoms with Gasteiger partial charge < -0.3 is 23.2 Å². The molecule has 12 rings (SSSR count). The van der Waals surface area contributed by atoms with Gasteiger partial charge in [0.15, 0.2) is 5.82 Å². The van der Waals surface area contributed by atoms with Gasteiger partial charge in [0.25, 0.3) is 5.95 Å². The normalized spacial score (nSPS) is 11.7. The molecule has 0 aliphatic rings. The third-order valence-corrected chi connectivity index (χ3v) is 12.6. The van der Waals surface area contributed by atoms with Crippen molar-refractivity contribution >= 4 is 65.4 Å². The molecule has 6 aromatic heterocycles. The molecule has 13 heteroatoms. The molecule has 70 heavy (non-hydrogen) atoms. The quantitative estimate of drug-likeness (QED) is 0.125. The van der Waals surface area contributed by atoms with E-state index < -0.39 is 0 Å². The SMILES string of the molecule is CC(C)c1ccnc(-n2c3[c-]c(Oc4[c-]c5c(cc4)c4ccc(Oc6[c-]c7c(cc6)c6ccccc6n7-c6cc(C(C)C)ccn6)[c-]c4n5-c4nnc(C(C)C)nn4)ccc3c3ccccc32)c1.[Pt+2].[Pt+2]. The number of benzene rings is 6. The Bertz CT molecular complexity index is 3700. The fraction of sp³-hybridized carbons (Fsp3) is 0.158. The van der Waals surface area contributed by atoms with Crippen molar-refractivity contribution in [3.8, 4) is 40.6 Å². The average molecular weight is 1280 g/mol. The number of hydrogen-bond acceptors (Lipinski definition) is 8. The predicted molar refractivity (Wildman–Crippen MR) is 267 cm³/mol. The molecule has 0 unspecified atom stereocenters. The van der Waals surface area contributed by atoms with E-state index in [-0.39, 0.29) is 54.0 Å². The molecule has 0 aliphatic heterocycles. The number of pyridine rings is 2. The molecule has 0 fully saturated rings. The summed E-state index contributed by atoms with van der Waals surface area (Å²) in [6, 6.07) is 55.2. The zero-order valence-corrected chi connectivity index (χ0v) is 43.5. The molecule has 12 aromatic rings. The summed E-state index contributed by atoms with van der Waals surface area (Å²) in [4.78, 5) is 9.63. The smallest absolute Gasteiger partial charge is 0.509 e. The van der Waals surface area contributed by atoms with Gasteiger partial charge in [0.1, 0.15) is 11.6 Å². The van der Waals surface area contributed by atoms with Crippen LogP contribution in [0.4, 0.5) is 0 Å². The van der Waals surface area contributed by atoms with Crippen LogP contribution in [-0.2, 0) is 42.1 Å². The first kappa shape index (κ1) is 46.7. The summed E-state index contributed by atoms with van der Waals surface area (Å²) in [5.41, 5.74) is 7.53. The summed E-state index contributed by atoms with van der Waals surface area (Å²) in [5.74, 6) is 5.20. The van der Waals surface area contributed by atoms with Gasteiger partial charge in [0.2, 0.25) is 0 Å². The largest absolute Gasteiger partial charge is 2.00 e. The Balaban J connectivity index is 0.00000284. The Labute approximate surface area is 433 Å². The Morgan fingerprint density at radius 2 is 0.771 bits per heavy atom. The van der Waals surface area contributed by atoms with Crippen molar-refractivity contribution in [3.05, 3.63) is 175 Å². The number of aromatic nitrogens is 9. The van der Waals surface area contributed by atoms with Gasteiger partial charge in [-0.25, -0.2) is 9.97 Å². The molecule has 0 atom stereocenters. The minimum Gasteiger partial charge on any atom is -0.509 e. The van der Waals surface area contributed by atoms with Crippen LogP contribution in [0.25, 0.3) is 83.0 Å². The maximum atomic E-state index is 6.62. The van der Waals surface area contributed by atoms with Crippen molar-refractivity contribution in [1.29, 1.82) is 0 Å². The Kier molecular flexibility index (Phi) is 12.5. The van der Waals surface area contributed by atoms with Crippen LogP contribution < -0.4 is 9.47 Å². The number of para-hydroxylation sites is 2. The molecule has 0 aliphatic carbocycles. The second-order valence-electron chi connectivity index (χ2n) is 18.0. The fourth-order valence-electron chi connectivity index (χ4n) is 9.11. The maximum Gasteiger partial charge on any atom is 2.00 e. The third kappa shape index (κ3) is 8.05. The van der Waals surface area contributed by atoms with Gasteiger partial charge in [-0.15, -0.1) is 79.7 Å². The molecular weight excluding hydrogens is 1230 g/mol. The summed E-state index contributed by atoms with van der Waals surface area (Å²) >= 11 is 0. The van der Waals surface area contributed by atoms with Crippen molar-refractivity contribution in [2.45, 2.75) is 59.3 Å². The van der Waals surface area contributed by atoms with Gasteiger partial charge in [-0.1, -0.05) is 100 Å². The maximum absolute atomic E-state index is 6.62. The molecule has 0 bridgehead atoms. The van der Waals surface area contributed by atoms with Crippen molar-refractivity contribution in [2.75, 3.05) is 0 Å². The van der Waals surface area contributed by atoms with Crippen LogP contribution in [0.1, 0.15) is 76.2 Å². The molecule has 6 heterocycles. The van der Waals surface area contributed by atoms with Gasteiger partial charge in [0, 0.05) is 52.3 Å². The zero-order valence-electron chi connectivity index (χ0n) is 38.9. The summed E-state index contributed by atoms with van der Waals surface area (Å²) in [6.45, 7) is 12.8. The Morgan fingerprint density at radius 1 is 0.400 bits per heavy atom. The number of fused-ring (bicyclic) bond motifs is 9. The molecule has 0 saturated heterocycles. The van der Waals surface area contributed by atoms with Crippen LogP contribution >= 0.6 is 0 Å². The van der Waals surface area contributed by atoms with Crippen LogP contribution in [0.5, 0.6) is 23.0 Å². The van der Waals surface area contributed by atoms with E-state index in [9.17, 15) is 0 Å². The first-order valence-corrected chi connectivity index (χ1v) is 22.9. The van der Waals surface area contributed by atoms with E-state index in [0.717, 1.165) is 66.0 Å². The Morgan fingerprint density at radius 3 is 1.16 bits per heavy atom. The van der Waals surface area contributed by atoms with E-state index in [1.54, 1.807) is 0 Å². The fourth-order valence-corrected chi connectivity index (χ4v) is 9.11. The molecule has 0 saturated carbocycles. The summed E-state index contributed by atoms with van der Waals surface area (Å²) < 4.78 is 19.4. The summed E-state index contributed by atoms with van der Waals surface area (Å²) in [6.07, 6.45) is 3.74. The number of hydrogen-bond donors (Lipinski definition) is 0. The Hall–Kier alpha value is -7.06. The van der Waals surface area contributed by atoms with E-state index in [4.69, 9.17) is 19.4 Å². The molecule has 348 valence electrons. The van der Waals surface area contributed by atoms with Crippen molar-refractivity contribution < 1.29 is 51.6 Å². The van der Waals surface area contributed by atoms with Crippen LogP contribution in [0, 0.1) is 24.3 Å². The average Bonchev–Trinajstić information content (AvgIpc) is 3.98. The van der Waals surface area contributed by atoms with Gasteiger partial charge in [0.05, 0.1) is 0 Å². The molecule has 6 aromatic carbocycles. The first-order valence-electron chi connectivity index (χ1n) is 22.9. The molecule has 11 nitrogen and oxygen atoms in total. The van der Waals surface area contributed by atoms with Crippen LogP contribution in [0.15, 0.2) is 134 Å². The van der Waals surface area contributed by atoms with E-state index in [0.29, 0.717) is 51.7 Å². The standard InChI is InChI=1S/C57H43N9O2.2Pt/c1-33(2)36-23-25-58-54(27-36)64-48-13-9-7-11-42(48)44-19-15-38(29-50(44)64)67-40-17-21-46-47-22-18-41(32-53(47)66(52(46)31-40)57-62-60-56(35(5)6)61-63-57)68-39-16-20-45-43-12-8-10-14-49(43)65(51(45)30-39)55-28-37(34(3)4)24-26-59-55;;/h7-28,33-35H,1-6H3;;/q-4;2*+2. The van der Waals surface area contributed by atoms with Crippen molar-refractivity contribution in [2.24, 2.45) is 0 Å². The van der Waals surface area contributed by atoms with Crippen molar-refractivity contribution in [1.82, 2.24) is 44.1 Å². The summed E-state index contributed by atoms with van der Waals surface area (Å²) in [5, 5.41) is 24.2. The van der Waals surface area contributed by atoms with Crippen molar-refractivity contribution in [3.63, 3.8) is 0 Å². The number of rotatable bonds is 10. The molecular formula is C57H43N9O2Pt2. The van der Waals surface area contributed by atoms with Gasteiger partial charge >= 0.3 is 42.1 Å². The van der Waals surface area contributed by atoms with Gasteiger partial charge in [-0.05, 0) is 70.1 Å². The van der Waals surface area contributed by atoms with Crippen LogP contribution in [0.2, 0.25) is 0 Å². The minimum absolute atomic E-state index is 0. The van der Waals surface area contributed by atoms with E-state index in [1.807, 2.05) is 79.3 Å². The van der Waals surface area contributed by atoms with E-state index >= 15 is 0 Å². The monoisotopic (exact) mass is 1280 g/mol. The van der Waals surface area contributed by atoms with E-state index in [2.05, 4.69) is 154 Å². The second kappa shape index (κ2) is 18.7. The molecule has 0 radical (unpaired) electrons. The number of ether oxygens (including phenoxy) is 2. The van der Waals surface area contributed by atoms with Gasteiger partial charge in [-0.3, -0.25) is 0 Å². The minimum atomic E-state index is 0. The van der Waals surface area contributed by atoms with Crippen LogP contribution in [-0.4, -0.2) is 44.1 Å². The van der Waals surface area contributed by atoms with Crippen LogP contribution in [0.3, 0.4) is 0 Å². The third-order valence-electron chi connectivity index (χ3n) is 12.6. The predicted octanol–water partition coefficient (Wildman–Crippen LogP) is 13.5. The number of nitrogens with zero attached hydrogens (tertiary/aromatic N) is 9. The second-order valence-corrected chi connectivity index (χ2v) is 18.0. The molecule has 0 N–H and O–H groups in total. The van der Waals surface area contributed by atoms with E-state index in [1.165, 1.54) is 11.1 Å². The topological polar surface area (TPSA) is 111 Å². The summed E-state index contributed by atoms with van der Waals surface area (Å²) in [7, 11) is 0. The first-order chi connectivity index (χ1) is 33.2.